The second-order valence-electron chi connectivity index (χ2n) is 14.4. The molecular formula is C39H56F6N7O9+. The standard InChI is InChI=1S/C34H51N7O5.C3H3F3O2.C2HF3O2/c1-9-40-28-22-26(25-11-12-29(35-23-25)38-15-13-37(6)14-16-38)21-27(32(42)39(17-19-44-7)18-20-45-8)31(28)41(10-2)30(40)24-36-33(43)46-34(3,4)5;1-8-2(7)3(4,5)6;3-2(4,5)1(6)7/h11-12,21-23H,9-10,13-20,24H2,1-8H3;1H3;(H,6,7)/p+1. The van der Waals surface area contributed by atoms with Gasteiger partial charge in [0.15, 0.2) is 11.0 Å². The molecule has 0 bridgehead atoms. The third-order valence-corrected chi connectivity index (χ3v) is 8.91. The number of imidazole rings is 1. The Labute approximate surface area is 350 Å². The second-order valence-corrected chi connectivity index (χ2v) is 14.4. The van der Waals surface area contributed by atoms with E-state index in [2.05, 4.69) is 61.2 Å². The van der Waals surface area contributed by atoms with Gasteiger partial charge in [-0.2, -0.15) is 26.3 Å². The molecule has 0 spiro atoms. The molecule has 61 heavy (non-hydrogen) atoms. The van der Waals surface area contributed by atoms with Crippen molar-refractivity contribution in [2.75, 3.05) is 85.8 Å². The van der Waals surface area contributed by atoms with Gasteiger partial charge in [0.1, 0.15) is 18.0 Å². The van der Waals surface area contributed by atoms with Crippen molar-refractivity contribution in [2.45, 2.75) is 72.2 Å². The van der Waals surface area contributed by atoms with Gasteiger partial charge in [0.25, 0.3) is 11.7 Å². The lowest BCUT2D eigenvalue weighted by Gasteiger charge is -2.33. The fourth-order valence-electron chi connectivity index (χ4n) is 5.99. The van der Waals surface area contributed by atoms with Crippen LogP contribution in [0, 0.1) is 0 Å². The van der Waals surface area contributed by atoms with Crippen molar-refractivity contribution in [3.05, 3.63) is 41.9 Å². The summed E-state index contributed by atoms with van der Waals surface area (Å²) in [4.78, 5) is 56.7. The van der Waals surface area contributed by atoms with Crippen molar-refractivity contribution in [3.8, 4) is 11.1 Å². The van der Waals surface area contributed by atoms with E-state index >= 15 is 0 Å². The van der Waals surface area contributed by atoms with E-state index < -0.39 is 36.0 Å². The zero-order valence-corrected chi connectivity index (χ0v) is 35.8. The number of aromatic nitrogens is 3. The van der Waals surface area contributed by atoms with Crippen LogP contribution in [-0.4, -0.2) is 147 Å². The van der Waals surface area contributed by atoms with E-state index in [9.17, 15) is 40.7 Å². The Bertz CT molecular complexity index is 1900. The van der Waals surface area contributed by atoms with Crippen molar-refractivity contribution in [2.24, 2.45) is 0 Å². The number of pyridine rings is 1. The fourth-order valence-corrected chi connectivity index (χ4v) is 5.99. The molecule has 16 nitrogen and oxygen atoms in total. The van der Waals surface area contributed by atoms with Crippen LogP contribution in [0.4, 0.5) is 37.0 Å². The molecule has 3 aromatic rings. The number of aryl methyl sites for hydroxylation is 2. The number of carbonyl (C=O) groups is 4. The number of nitrogens with zero attached hydrogens (tertiary/aromatic N) is 6. The second kappa shape index (κ2) is 23.1. The number of piperazine rings is 1. The molecule has 3 heterocycles. The highest BCUT2D eigenvalue weighted by Gasteiger charge is 2.40. The van der Waals surface area contributed by atoms with Crippen LogP contribution < -0.4 is 14.8 Å². The number of alkyl carbamates (subject to hydrolysis) is 1. The first-order valence-corrected chi connectivity index (χ1v) is 19.1. The van der Waals surface area contributed by atoms with Crippen LogP contribution in [0.3, 0.4) is 0 Å². The lowest BCUT2D eigenvalue weighted by atomic mass is 10.0. The minimum atomic E-state index is -5.08. The first-order valence-electron chi connectivity index (χ1n) is 19.1. The molecule has 0 radical (unpaired) electrons. The summed E-state index contributed by atoms with van der Waals surface area (Å²) >= 11 is 0. The predicted molar refractivity (Wildman–Crippen MR) is 211 cm³/mol. The number of hydrogen-bond acceptors (Lipinski definition) is 11. The average Bonchev–Trinajstić information content (AvgIpc) is 3.51. The number of carbonyl (C=O) groups excluding carboxylic acids is 3. The summed E-state index contributed by atoms with van der Waals surface area (Å²) < 4.78 is 88.5. The third-order valence-electron chi connectivity index (χ3n) is 8.91. The number of ether oxygens (including phenoxy) is 4. The lowest BCUT2D eigenvalue weighted by molar-refractivity contribution is -0.676. The maximum Gasteiger partial charge on any atom is 0.490 e. The Morgan fingerprint density at radius 1 is 0.885 bits per heavy atom. The van der Waals surface area contributed by atoms with E-state index in [0.29, 0.717) is 52.1 Å². The zero-order chi connectivity index (χ0) is 46.3. The van der Waals surface area contributed by atoms with Gasteiger partial charge in [-0.1, -0.05) is 0 Å². The van der Waals surface area contributed by atoms with Gasteiger partial charge in [0.2, 0.25) is 0 Å². The van der Waals surface area contributed by atoms with Gasteiger partial charge in [0, 0.05) is 65.2 Å². The number of likely N-dealkylation sites (N-methyl/N-ethyl adjacent to an activating group) is 1. The van der Waals surface area contributed by atoms with E-state index in [-0.39, 0.29) is 12.5 Å². The van der Waals surface area contributed by atoms with Crippen molar-refractivity contribution in [1.29, 1.82) is 0 Å². The summed E-state index contributed by atoms with van der Waals surface area (Å²) in [6.07, 6.45) is -8.53. The monoisotopic (exact) mass is 880 g/mol. The number of amides is 2. The first kappa shape index (κ1) is 51.9. The predicted octanol–water partition coefficient (Wildman–Crippen LogP) is 4.90. The zero-order valence-electron chi connectivity index (χ0n) is 35.8. The number of halogens is 6. The summed E-state index contributed by atoms with van der Waals surface area (Å²) in [5, 5.41) is 10.1. The molecule has 342 valence electrons. The number of alkyl halides is 6. The Balaban J connectivity index is 0.000000725. The van der Waals surface area contributed by atoms with Crippen LogP contribution in [0.5, 0.6) is 0 Å². The summed E-state index contributed by atoms with van der Waals surface area (Å²) in [5.74, 6) is -3.20. The molecule has 0 saturated carbocycles. The maximum absolute atomic E-state index is 14.4. The van der Waals surface area contributed by atoms with Gasteiger partial charge in [-0.25, -0.2) is 28.5 Å². The highest BCUT2D eigenvalue weighted by atomic mass is 19.4. The van der Waals surface area contributed by atoms with Gasteiger partial charge < -0.3 is 44.1 Å². The number of anilines is 1. The number of carboxylic acid groups (broad SMARTS) is 1. The van der Waals surface area contributed by atoms with Crippen molar-refractivity contribution in [3.63, 3.8) is 0 Å². The number of aliphatic carboxylic acids is 1. The molecule has 1 fully saturated rings. The quantitative estimate of drug-likeness (QED) is 0.136. The molecule has 0 atom stereocenters. The molecule has 1 aliphatic heterocycles. The molecule has 22 heteroatoms. The molecule has 2 amide bonds. The fraction of sp³-hybridized carbons (Fsp3) is 0.590. The maximum atomic E-state index is 14.4. The Kier molecular flexibility index (Phi) is 19.7. The normalized spacial score (nSPS) is 13.4. The highest BCUT2D eigenvalue weighted by molar-refractivity contribution is 6.05. The smallest absolute Gasteiger partial charge is 0.475 e. The van der Waals surface area contributed by atoms with Gasteiger partial charge in [-0.3, -0.25) is 4.79 Å². The van der Waals surface area contributed by atoms with Crippen LogP contribution >= 0.6 is 0 Å². The van der Waals surface area contributed by atoms with E-state index in [0.717, 1.165) is 60.0 Å². The molecule has 1 aromatic carbocycles. The third kappa shape index (κ3) is 15.6. The number of hydrogen-bond donors (Lipinski definition) is 2. The number of methoxy groups -OCH3 is 3. The van der Waals surface area contributed by atoms with Crippen LogP contribution in [0.15, 0.2) is 30.5 Å². The minimum Gasteiger partial charge on any atom is -0.475 e. The summed E-state index contributed by atoms with van der Waals surface area (Å²) in [6.45, 7) is 16.7. The van der Waals surface area contributed by atoms with Crippen molar-refractivity contribution >= 4 is 40.8 Å². The summed E-state index contributed by atoms with van der Waals surface area (Å²) in [5.41, 5.74) is 3.52. The van der Waals surface area contributed by atoms with Crippen LogP contribution in [0.1, 0.15) is 50.8 Å². The van der Waals surface area contributed by atoms with E-state index in [1.54, 1.807) is 19.1 Å². The van der Waals surface area contributed by atoms with Crippen LogP contribution in [0.25, 0.3) is 22.2 Å². The molecule has 2 N–H and O–H groups in total. The number of nitrogens with one attached hydrogen (secondary N) is 1. The molecule has 2 aromatic heterocycles. The average molecular weight is 881 g/mol. The van der Waals surface area contributed by atoms with E-state index in [1.165, 1.54) is 0 Å². The van der Waals surface area contributed by atoms with Gasteiger partial charge in [0.05, 0.1) is 39.0 Å². The number of fused-ring (bicyclic) bond motifs is 1. The van der Waals surface area contributed by atoms with Gasteiger partial charge in [-0.15, -0.1) is 0 Å². The molecule has 0 unspecified atom stereocenters. The van der Waals surface area contributed by atoms with Crippen LogP contribution in [-0.2, 0) is 48.2 Å². The summed E-state index contributed by atoms with van der Waals surface area (Å²) in [6, 6.07) is 8.25. The Morgan fingerprint density at radius 3 is 1.87 bits per heavy atom. The van der Waals surface area contributed by atoms with E-state index in [1.807, 2.05) is 40.0 Å². The Hall–Kier alpha value is -5.22. The van der Waals surface area contributed by atoms with Crippen molar-refractivity contribution < 1.29 is 74.1 Å². The number of benzene rings is 1. The molecular weight excluding hydrogens is 824 g/mol. The molecule has 1 aliphatic rings. The lowest BCUT2D eigenvalue weighted by Crippen LogP contribution is -2.44. The number of carboxylic acids is 1. The van der Waals surface area contributed by atoms with Crippen LogP contribution in [0.2, 0.25) is 0 Å². The molecule has 0 aliphatic carbocycles. The number of rotatable bonds is 13. The van der Waals surface area contributed by atoms with Gasteiger partial charge >= 0.3 is 30.4 Å². The summed E-state index contributed by atoms with van der Waals surface area (Å²) in [7, 11) is 6.08. The van der Waals surface area contributed by atoms with E-state index in [4.69, 9.17) is 29.1 Å². The van der Waals surface area contributed by atoms with Crippen molar-refractivity contribution in [1.82, 2.24) is 24.7 Å². The molecule has 1 saturated heterocycles. The SMILES string of the molecule is CCn1c(CNC(=O)OC(C)(C)C)[n+](CC)c2c(C(=O)N(CCOC)CCOC)cc(-c3ccc(N4CCN(C)CC4)nc3)cc21.COC(=O)C(F)(F)F.O=C(O)C(F)(F)F. The number of esters is 1. The topological polar surface area (TPSA) is 169 Å². The largest absolute Gasteiger partial charge is 0.490 e. The molecule has 4 rings (SSSR count). The van der Waals surface area contributed by atoms with Gasteiger partial charge in [-0.05, 0) is 71.5 Å². The highest BCUT2D eigenvalue weighted by Crippen LogP contribution is 2.30. The first-order chi connectivity index (χ1) is 28.4. The minimum absolute atomic E-state index is 0.106. The Morgan fingerprint density at radius 2 is 1.46 bits per heavy atom.